The average Bonchev–Trinajstić information content (AvgIpc) is 2.88. The molecule has 100 valence electrons. The van der Waals surface area contributed by atoms with Crippen molar-refractivity contribution in [1.82, 2.24) is 19.9 Å². The van der Waals surface area contributed by atoms with E-state index in [9.17, 15) is 4.79 Å². The molecule has 2 heterocycles. The van der Waals surface area contributed by atoms with Crippen molar-refractivity contribution in [3.63, 3.8) is 0 Å². The SMILES string of the molecule is O=C(NCc1nnc2ccccn12)c1ccccc1Cl. The van der Waals surface area contributed by atoms with E-state index in [1.807, 2.05) is 28.8 Å². The normalized spacial score (nSPS) is 10.7. The zero-order valence-electron chi connectivity index (χ0n) is 10.5. The molecule has 0 radical (unpaired) electrons. The smallest absolute Gasteiger partial charge is 0.253 e. The molecule has 0 unspecified atom stereocenters. The first-order valence-corrected chi connectivity index (χ1v) is 6.45. The predicted octanol–water partition coefficient (Wildman–Crippen LogP) is 2.31. The minimum atomic E-state index is -0.233. The summed E-state index contributed by atoms with van der Waals surface area (Å²) in [6, 6.07) is 12.5. The second-order valence-corrected chi connectivity index (χ2v) is 4.61. The second kappa shape index (κ2) is 5.30. The molecule has 0 saturated carbocycles. The van der Waals surface area contributed by atoms with Crippen LogP contribution in [0.15, 0.2) is 48.7 Å². The van der Waals surface area contributed by atoms with E-state index in [-0.39, 0.29) is 12.5 Å². The lowest BCUT2D eigenvalue weighted by atomic mass is 10.2. The van der Waals surface area contributed by atoms with Gasteiger partial charge in [-0.05, 0) is 24.3 Å². The van der Waals surface area contributed by atoms with Gasteiger partial charge in [0.1, 0.15) is 0 Å². The summed E-state index contributed by atoms with van der Waals surface area (Å²) in [7, 11) is 0. The number of amides is 1. The fourth-order valence-electron chi connectivity index (χ4n) is 1.91. The molecule has 0 spiro atoms. The number of rotatable bonds is 3. The largest absolute Gasteiger partial charge is 0.345 e. The van der Waals surface area contributed by atoms with E-state index in [1.54, 1.807) is 24.3 Å². The Bertz CT molecular complexity index is 768. The van der Waals surface area contributed by atoms with Crippen LogP contribution in [0.2, 0.25) is 5.02 Å². The molecule has 0 aliphatic heterocycles. The van der Waals surface area contributed by atoms with Crippen LogP contribution in [0.25, 0.3) is 5.65 Å². The number of hydrogen-bond donors (Lipinski definition) is 1. The summed E-state index contributed by atoms with van der Waals surface area (Å²) in [5.74, 6) is 0.435. The van der Waals surface area contributed by atoms with Gasteiger partial charge in [0.25, 0.3) is 5.91 Å². The molecule has 1 N–H and O–H groups in total. The van der Waals surface area contributed by atoms with Crippen molar-refractivity contribution in [1.29, 1.82) is 0 Å². The number of fused-ring (bicyclic) bond motifs is 1. The maximum Gasteiger partial charge on any atom is 0.253 e. The summed E-state index contributed by atoms with van der Waals surface area (Å²) in [6.07, 6.45) is 1.85. The molecule has 0 atom stereocenters. The molecule has 1 amide bonds. The number of aromatic nitrogens is 3. The molecular weight excluding hydrogens is 276 g/mol. The van der Waals surface area contributed by atoms with Crippen LogP contribution >= 0.6 is 11.6 Å². The monoisotopic (exact) mass is 286 g/mol. The highest BCUT2D eigenvalue weighted by Crippen LogP contribution is 2.14. The fraction of sp³-hybridized carbons (Fsp3) is 0.0714. The summed E-state index contributed by atoms with van der Waals surface area (Å²) in [5.41, 5.74) is 1.19. The highest BCUT2D eigenvalue weighted by atomic mass is 35.5. The van der Waals surface area contributed by atoms with Crippen LogP contribution in [-0.2, 0) is 6.54 Å². The Morgan fingerprint density at radius 3 is 2.80 bits per heavy atom. The summed E-state index contributed by atoms with van der Waals surface area (Å²) in [5, 5.41) is 11.3. The standard InChI is InChI=1S/C14H11ClN4O/c15-11-6-2-1-5-10(11)14(20)16-9-13-18-17-12-7-3-4-8-19(12)13/h1-8H,9H2,(H,16,20). The molecule has 0 aliphatic carbocycles. The molecule has 20 heavy (non-hydrogen) atoms. The van der Waals surface area contributed by atoms with E-state index in [0.29, 0.717) is 16.4 Å². The van der Waals surface area contributed by atoms with Gasteiger partial charge in [0, 0.05) is 6.20 Å². The van der Waals surface area contributed by atoms with E-state index in [1.165, 1.54) is 0 Å². The molecule has 0 fully saturated rings. The molecule has 3 rings (SSSR count). The van der Waals surface area contributed by atoms with Gasteiger partial charge in [-0.25, -0.2) is 0 Å². The van der Waals surface area contributed by atoms with Crippen molar-refractivity contribution in [2.24, 2.45) is 0 Å². The average molecular weight is 287 g/mol. The number of nitrogens with one attached hydrogen (secondary N) is 1. The lowest BCUT2D eigenvalue weighted by Gasteiger charge is -2.05. The van der Waals surface area contributed by atoms with Gasteiger partial charge >= 0.3 is 0 Å². The van der Waals surface area contributed by atoms with E-state index in [0.717, 1.165) is 5.65 Å². The van der Waals surface area contributed by atoms with Crippen LogP contribution < -0.4 is 5.32 Å². The zero-order chi connectivity index (χ0) is 13.9. The Kier molecular flexibility index (Phi) is 3.35. The Labute approximate surface area is 120 Å². The number of halogens is 1. The van der Waals surface area contributed by atoms with Crippen molar-refractivity contribution in [3.8, 4) is 0 Å². The van der Waals surface area contributed by atoms with Gasteiger partial charge in [-0.2, -0.15) is 0 Å². The number of hydrogen-bond acceptors (Lipinski definition) is 3. The Morgan fingerprint density at radius 2 is 1.95 bits per heavy atom. The van der Waals surface area contributed by atoms with Crippen LogP contribution in [0.3, 0.4) is 0 Å². The Morgan fingerprint density at radius 1 is 1.15 bits per heavy atom. The van der Waals surface area contributed by atoms with Crippen LogP contribution in [0.1, 0.15) is 16.2 Å². The maximum absolute atomic E-state index is 12.0. The van der Waals surface area contributed by atoms with E-state index < -0.39 is 0 Å². The lowest BCUT2D eigenvalue weighted by Crippen LogP contribution is -2.24. The summed E-state index contributed by atoms with van der Waals surface area (Å²) in [6.45, 7) is 0.287. The van der Waals surface area contributed by atoms with Crippen molar-refractivity contribution in [3.05, 3.63) is 65.1 Å². The van der Waals surface area contributed by atoms with Gasteiger partial charge in [-0.15, -0.1) is 10.2 Å². The molecular formula is C14H11ClN4O. The van der Waals surface area contributed by atoms with Crippen LogP contribution in [0.4, 0.5) is 0 Å². The van der Waals surface area contributed by atoms with E-state index >= 15 is 0 Å². The van der Waals surface area contributed by atoms with Crippen molar-refractivity contribution in [2.45, 2.75) is 6.54 Å². The van der Waals surface area contributed by atoms with Gasteiger partial charge in [-0.3, -0.25) is 9.20 Å². The molecule has 2 aromatic heterocycles. The summed E-state index contributed by atoms with van der Waals surface area (Å²) >= 11 is 5.98. The Balaban J connectivity index is 1.77. The van der Waals surface area contributed by atoms with Crippen molar-refractivity contribution in [2.75, 3.05) is 0 Å². The van der Waals surface area contributed by atoms with Crippen molar-refractivity contribution < 1.29 is 4.79 Å². The third kappa shape index (κ3) is 2.35. The fourth-order valence-corrected chi connectivity index (χ4v) is 2.13. The minimum absolute atomic E-state index is 0.233. The molecule has 1 aromatic carbocycles. The first kappa shape index (κ1) is 12.6. The van der Waals surface area contributed by atoms with Crippen LogP contribution in [0.5, 0.6) is 0 Å². The molecule has 0 saturated heterocycles. The second-order valence-electron chi connectivity index (χ2n) is 4.21. The highest BCUT2D eigenvalue weighted by molar-refractivity contribution is 6.33. The number of pyridine rings is 1. The van der Waals surface area contributed by atoms with Crippen LogP contribution in [0, 0.1) is 0 Å². The maximum atomic E-state index is 12.0. The number of benzene rings is 1. The highest BCUT2D eigenvalue weighted by Gasteiger charge is 2.11. The number of carbonyl (C=O) groups is 1. The molecule has 6 heteroatoms. The number of nitrogens with zero attached hydrogens (tertiary/aromatic N) is 3. The van der Waals surface area contributed by atoms with Gasteiger partial charge < -0.3 is 5.32 Å². The quantitative estimate of drug-likeness (QED) is 0.804. The van der Waals surface area contributed by atoms with Crippen LogP contribution in [-0.4, -0.2) is 20.5 Å². The lowest BCUT2D eigenvalue weighted by molar-refractivity contribution is 0.0950. The van der Waals surface area contributed by atoms with Gasteiger partial charge in [0.15, 0.2) is 11.5 Å². The van der Waals surface area contributed by atoms with Gasteiger partial charge in [0.2, 0.25) is 0 Å². The first-order valence-electron chi connectivity index (χ1n) is 6.07. The van der Waals surface area contributed by atoms with E-state index in [2.05, 4.69) is 15.5 Å². The minimum Gasteiger partial charge on any atom is -0.345 e. The predicted molar refractivity (Wildman–Crippen MR) is 75.6 cm³/mol. The van der Waals surface area contributed by atoms with E-state index in [4.69, 9.17) is 11.6 Å². The third-order valence-corrected chi connectivity index (χ3v) is 3.24. The summed E-state index contributed by atoms with van der Waals surface area (Å²) < 4.78 is 1.83. The summed E-state index contributed by atoms with van der Waals surface area (Å²) in [4.78, 5) is 12.0. The first-order chi connectivity index (χ1) is 9.75. The Hall–Kier alpha value is -2.40. The molecule has 0 aliphatic rings. The van der Waals surface area contributed by atoms with Gasteiger partial charge in [-0.1, -0.05) is 29.8 Å². The topological polar surface area (TPSA) is 59.3 Å². The number of carbonyl (C=O) groups excluding carboxylic acids is 1. The third-order valence-electron chi connectivity index (χ3n) is 2.91. The molecule has 0 bridgehead atoms. The zero-order valence-corrected chi connectivity index (χ0v) is 11.2. The van der Waals surface area contributed by atoms with Gasteiger partial charge in [0.05, 0.1) is 17.1 Å². The molecule has 5 nitrogen and oxygen atoms in total. The molecule has 3 aromatic rings. The van der Waals surface area contributed by atoms with Crippen molar-refractivity contribution >= 4 is 23.2 Å².